The molecule has 1 unspecified atom stereocenters. The van der Waals surface area contributed by atoms with Gasteiger partial charge in [0.15, 0.2) is 0 Å². The summed E-state index contributed by atoms with van der Waals surface area (Å²) in [6, 6.07) is 9.23. The Bertz CT molecular complexity index is 411. The molecule has 4 N–H and O–H groups in total. The van der Waals surface area contributed by atoms with Gasteiger partial charge in [0, 0.05) is 6.54 Å². The third-order valence-corrected chi connectivity index (χ3v) is 3.74. The number of nitrogens with two attached hydrogens (primary N) is 1. The van der Waals surface area contributed by atoms with Gasteiger partial charge < -0.3 is 16.2 Å². The van der Waals surface area contributed by atoms with Crippen LogP contribution in [-0.2, 0) is 10.3 Å². The summed E-state index contributed by atoms with van der Waals surface area (Å²) < 4.78 is 0. The van der Waals surface area contributed by atoms with Gasteiger partial charge in [0.2, 0.25) is 5.91 Å². The Labute approximate surface area is 115 Å². The first-order chi connectivity index (χ1) is 8.85. The van der Waals surface area contributed by atoms with Gasteiger partial charge in [0.1, 0.15) is 5.54 Å². The Hall–Kier alpha value is -1.39. The first-order valence-corrected chi connectivity index (χ1v) is 6.71. The van der Waals surface area contributed by atoms with E-state index in [1.54, 1.807) is 6.92 Å². The van der Waals surface area contributed by atoms with E-state index in [4.69, 9.17) is 5.73 Å². The summed E-state index contributed by atoms with van der Waals surface area (Å²) in [5, 5.41) is 12.9. The van der Waals surface area contributed by atoms with Crippen molar-refractivity contribution in [1.29, 1.82) is 0 Å². The quantitative estimate of drug-likeness (QED) is 0.729. The molecule has 1 aromatic rings. The maximum Gasteiger partial charge on any atom is 0.244 e. The fourth-order valence-electron chi connectivity index (χ4n) is 1.84. The van der Waals surface area contributed by atoms with Crippen molar-refractivity contribution in [3.63, 3.8) is 0 Å². The molecule has 0 aromatic heterocycles. The van der Waals surface area contributed by atoms with Gasteiger partial charge in [-0.3, -0.25) is 4.79 Å². The van der Waals surface area contributed by atoms with Crippen LogP contribution < -0.4 is 11.1 Å². The number of carbonyl (C=O) groups is 1. The summed E-state index contributed by atoms with van der Waals surface area (Å²) in [5.74, 6) is -0.279. The summed E-state index contributed by atoms with van der Waals surface area (Å²) in [4.78, 5) is 12.2. The third-order valence-electron chi connectivity index (χ3n) is 3.74. The van der Waals surface area contributed by atoms with Crippen molar-refractivity contribution in [2.45, 2.75) is 44.8 Å². The smallest absolute Gasteiger partial charge is 0.244 e. The van der Waals surface area contributed by atoms with Crippen molar-refractivity contribution >= 4 is 5.91 Å². The largest absolute Gasteiger partial charge is 0.388 e. The molecule has 1 aromatic carbocycles. The predicted octanol–water partition coefficient (Wildman–Crippen LogP) is 1.53. The van der Waals surface area contributed by atoms with Crippen molar-refractivity contribution in [3.05, 3.63) is 35.9 Å². The van der Waals surface area contributed by atoms with Gasteiger partial charge in [-0.2, -0.15) is 0 Å². The standard InChI is InChI=1S/C15H24N2O2/c1-4-15(19,5-2)11-17-13(18)14(3,16)12-9-7-6-8-10-12/h6-10,19H,4-5,11,16H2,1-3H3,(H,17,18). The third kappa shape index (κ3) is 3.78. The van der Waals surface area contributed by atoms with E-state index < -0.39 is 11.1 Å². The first kappa shape index (κ1) is 15.7. The molecule has 1 atom stereocenters. The van der Waals surface area contributed by atoms with Crippen molar-refractivity contribution in [3.8, 4) is 0 Å². The topological polar surface area (TPSA) is 75.3 Å². The maximum atomic E-state index is 12.2. The second-order valence-electron chi connectivity index (χ2n) is 5.18. The Morgan fingerprint density at radius 2 is 1.79 bits per heavy atom. The van der Waals surface area contributed by atoms with Crippen LogP contribution in [0.1, 0.15) is 39.2 Å². The van der Waals surface area contributed by atoms with Gasteiger partial charge in [-0.15, -0.1) is 0 Å². The van der Waals surface area contributed by atoms with Gasteiger partial charge >= 0.3 is 0 Å². The van der Waals surface area contributed by atoms with E-state index in [9.17, 15) is 9.90 Å². The Morgan fingerprint density at radius 1 is 1.26 bits per heavy atom. The zero-order valence-corrected chi connectivity index (χ0v) is 11.9. The van der Waals surface area contributed by atoms with E-state index in [2.05, 4.69) is 5.32 Å². The van der Waals surface area contributed by atoms with E-state index in [1.165, 1.54) is 0 Å². The first-order valence-electron chi connectivity index (χ1n) is 6.71. The monoisotopic (exact) mass is 264 g/mol. The van der Waals surface area contributed by atoms with Gasteiger partial charge in [-0.05, 0) is 25.3 Å². The van der Waals surface area contributed by atoms with Crippen LogP contribution in [0.25, 0.3) is 0 Å². The molecule has 0 heterocycles. The number of rotatable bonds is 6. The van der Waals surface area contributed by atoms with Gasteiger partial charge in [-0.1, -0.05) is 44.2 Å². The molecule has 0 spiro atoms. The summed E-state index contributed by atoms with van der Waals surface area (Å²) in [6.07, 6.45) is 1.19. The number of amides is 1. The van der Waals surface area contributed by atoms with E-state index in [1.807, 2.05) is 44.2 Å². The zero-order valence-electron chi connectivity index (χ0n) is 11.9. The van der Waals surface area contributed by atoms with Crippen LogP contribution in [0.5, 0.6) is 0 Å². The molecule has 4 heteroatoms. The Morgan fingerprint density at radius 3 is 2.26 bits per heavy atom. The molecule has 0 bridgehead atoms. The molecular formula is C15H24N2O2. The lowest BCUT2D eigenvalue weighted by molar-refractivity contribution is -0.127. The highest BCUT2D eigenvalue weighted by molar-refractivity contribution is 5.87. The van der Waals surface area contributed by atoms with Crippen LogP contribution in [0.3, 0.4) is 0 Å². The van der Waals surface area contributed by atoms with Crippen LogP contribution in [0.2, 0.25) is 0 Å². The van der Waals surface area contributed by atoms with Gasteiger partial charge in [0.25, 0.3) is 0 Å². The van der Waals surface area contributed by atoms with Crippen LogP contribution in [-0.4, -0.2) is 23.2 Å². The number of carbonyl (C=O) groups excluding carboxylic acids is 1. The molecule has 106 valence electrons. The molecule has 0 aliphatic rings. The van der Waals surface area contributed by atoms with Gasteiger partial charge in [-0.25, -0.2) is 0 Å². The second kappa shape index (κ2) is 6.17. The van der Waals surface area contributed by atoms with E-state index >= 15 is 0 Å². The minimum Gasteiger partial charge on any atom is -0.388 e. The fourth-order valence-corrected chi connectivity index (χ4v) is 1.84. The van der Waals surface area contributed by atoms with Crippen LogP contribution in [0.4, 0.5) is 0 Å². The van der Waals surface area contributed by atoms with Crippen molar-refractivity contribution in [2.75, 3.05) is 6.54 Å². The van der Waals surface area contributed by atoms with Gasteiger partial charge in [0.05, 0.1) is 5.60 Å². The number of benzene rings is 1. The van der Waals surface area contributed by atoms with Crippen LogP contribution in [0, 0.1) is 0 Å². The van der Waals surface area contributed by atoms with Crippen molar-refractivity contribution in [2.24, 2.45) is 5.73 Å². The lowest BCUT2D eigenvalue weighted by atomic mass is 9.91. The fraction of sp³-hybridized carbons (Fsp3) is 0.533. The van der Waals surface area contributed by atoms with Crippen LogP contribution in [0.15, 0.2) is 30.3 Å². The van der Waals surface area contributed by atoms with Crippen LogP contribution >= 0.6 is 0 Å². The van der Waals surface area contributed by atoms with E-state index in [-0.39, 0.29) is 12.5 Å². The number of hydrogen-bond donors (Lipinski definition) is 3. The predicted molar refractivity (Wildman–Crippen MR) is 76.5 cm³/mol. The molecule has 0 saturated carbocycles. The molecule has 0 radical (unpaired) electrons. The Balaban J connectivity index is 2.73. The molecule has 0 saturated heterocycles. The lowest BCUT2D eigenvalue weighted by Crippen LogP contribution is -2.52. The highest BCUT2D eigenvalue weighted by atomic mass is 16.3. The zero-order chi connectivity index (χ0) is 14.5. The Kier molecular flexibility index (Phi) is 5.09. The highest BCUT2D eigenvalue weighted by Crippen LogP contribution is 2.18. The average molecular weight is 264 g/mol. The molecule has 1 amide bonds. The average Bonchev–Trinajstić information content (AvgIpc) is 2.45. The summed E-state index contributed by atoms with van der Waals surface area (Å²) >= 11 is 0. The maximum absolute atomic E-state index is 12.2. The number of nitrogens with one attached hydrogen (secondary N) is 1. The molecule has 0 aliphatic carbocycles. The molecular weight excluding hydrogens is 240 g/mol. The van der Waals surface area contributed by atoms with E-state index in [0.717, 1.165) is 5.56 Å². The highest BCUT2D eigenvalue weighted by Gasteiger charge is 2.32. The minimum absolute atomic E-state index is 0.221. The molecule has 0 fully saturated rings. The minimum atomic E-state index is -1.09. The van der Waals surface area contributed by atoms with Crippen molar-refractivity contribution in [1.82, 2.24) is 5.32 Å². The molecule has 0 aliphatic heterocycles. The summed E-state index contributed by atoms with van der Waals surface area (Å²) in [5.41, 5.74) is 4.90. The number of hydrogen-bond acceptors (Lipinski definition) is 3. The van der Waals surface area contributed by atoms with Crippen molar-refractivity contribution < 1.29 is 9.90 Å². The normalized spacial score (nSPS) is 14.8. The van der Waals surface area contributed by atoms with E-state index in [0.29, 0.717) is 12.8 Å². The second-order valence-corrected chi connectivity index (χ2v) is 5.18. The SMILES string of the molecule is CCC(O)(CC)CNC(=O)C(C)(N)c1ccccc1. The summed E-state index contributed by atoms with van der Waals surface area (Å²) in [6.45, 7) is 5.69. The molecule has 4 nitrogen and oxygen atoms in total. The molecule has 1 rings (SSSR count). The number of aliphatic hydroxyl groups is 1. The molecule has 19 heavy (non-hydrogen) atoms. The lowest BCUT2D eigenvalue weighted by Gasteiger charge is -2.29. The summed E-state index contributed by atoms with van der Waals surface area (Å²) in [7, 11) is 0.